The zero-order valence-electron chi connectivity index (χ0n) is 18.0. The number of nitrogens with one attached hydrogen (secondary N) is 1. The van der Waals surface area contributed by atoms with Crippen molar-refractivity contribution in [1.82, 2.24) is 14.3 Å². The van der Waals surface area contributed by atoms with Crippen molar-refractivity contribution >= 4 is 28.6 Å². The van der Waals surface area contributed by atoms with E-state index in [4.69, 9.17) is 0 Å². The second-order valence-corrected chi connectivity index (χ2v) is 8.55. The molecule has 1 aliphatic rings. The Balaban J connectivity index is 0.000000301. The van der Waals surface area contributed by atoms with Gasteiger partial charge < -0.3 is 4.72 Å². The minimum atomic E-state index is -2.17. The van der Waals surface area contributed by atoms with Gasteiger partial charge in [-0.1, -0.05) is 48.9 Å². The van der Waals surface area contributed by atoms with E-state index in [2.05, 4.69) is 37.2 Å². The summed E-state index contributed by atoms with van der Waals surface area (Å²) in [6, 6.07) is 20.4. The number of halogens is 2. The third kappa shape index (κ3) is 10.7. The van der Waals surface area contributed by atoms with E-state index >= 15 is 0 Å². The van der Waals surface area contributed by atoms with E-state index in [0.717, 1.165) is 47.7 Å². The lowest BCUT2D eigenvalue weighted by molar-refractivity contribution is 0.171. The fraction of sp³-hybridized carbons (Fsp3) is 0.348. The number of nitrogens with zero attached hydrogens (tertiary/aromatic N) is 4. The van der Waals surface area contributed by atoms with Crippen molar-refractivity contribution in [3.05, 3.63) is 72.1 Å². The third-order valence-corrected chi connectivity index (χ3v) is 5.82. The lowest BCUT2D eigenvalue weighted by Gasteiger charge is -2.26. The SMILES string of the molecule is CC(F)F.N#Cc1cc(SNc2ncns2)ccc1CN1CCCCC1.c1ccccc1. The monoisotopic (exact) mass is 475 g/mol. The van der Waals surface area contributed by atoms with Gasteiger partial charge >= 0.3 is 0 Å². The fourth-order valence-electron chi connectivity index (χ4n) is 2.92. The first-order chi connectivity index (χ1) is 15.6. The zero-order valence-corrected chi connectivity index (χ0v) is 19.6. The molecule has 0 bridgehead atoms. The van der Waals surface area contributed by atoms with Gasteiger partial charge in [-0.3, -0.25) is 4.90 Å². The number of nitriles is 1. The second-order valence-electron chi connectivity index (χ2n) is 6.89. The molecule has 2 heterocycles. The molecular weight excluding hydrogens is 448 g/mol. The highest BCUT2D eigenvalue weighted by atomic mass is 32.2. The van der Waals surface area contributed by atoms with Crippen molar-refractivity contribution in [2.75, 3.05) is 17.8 Å². The van der Waals surface area contributed by atoms with E-state index < -0.39 is 6.43 Å². The van der Waals surface area contributed by atoms with Gasteiger partial charge in [0.25, 0.3) is 0 Å². The van der Waals surface area contributed by atoms with Gasteiger partial charge in [-0.15, -0.1) is 0 Å². The van der Waals surface area contributed by atoms with Crippen molar-refractivity contribution in [3.63, 3.8) is 0 Å². The lowest BCUT2D eigenvalue weighted by Crippen LogP contribution is -2.29. The highest BCUT2D eigenvalue weighted by Gasteiger charge is 2.13. The molecule has 1 aromatic heterocycles. The van der Waals surface area contributed by atoms with Gasteiger partial charge in [-0.2, -0.15) is 9.64 Å². The standard InChI is InChI=1S/C15H17N5S2.C6H6.C2H4F2/c16-9-13-8-14(21-19-15-17-11-18-22-15)5-4-12(13)10-20-6-2-1-3-7-20;1-2-4-6-5-3-1;1-2(3)4/h4-5,8,11H,1-3,6-7,10H2,(H,17,18,19);1-6H;2H,1H3. The number of hydrogen-bond acceptors (Lipinski definition) is 7. The summed E-state index contributed by atoms with van der Waals surface area (Å²) in [5, 5.41) is 10.2. The van der Waals surface area contributed by atoms with Crippen LogP contribution in [0.2, 0.25) is 0 Å². The number of benzene rings is 2. The molecule has 1 fully saturated rings. The maximum absolute atomic E-state index is 10.3. The Bertz CT molecular complexity index is 882. The topological polar surface area (TPSA) is 64.8 Å². The Labute approximate surface area is 196 Å². The van der Waals surface area contributed by atoms with Gasteiger partial charge in [0.15, 0.2) is 0 Å². The van der Waals surface area contributed by atoms with E-state index in [1.54, 1.807) is 0 Å². The van der Waals surface area contributed by atoms with Crippen molar-refractivity contribution in [2.24, 2.45) is 0 Å². The first-order valence-electron chi connectivity index (χ1n) is 10.3. The Morgan fingerprint density at radius 3 is 2.28 bits per heavy atom. The molecule has 4 rings (SSSR count). The smallest absolute Gasteiger partial charge is 0.235 e. The largest absolute Gasteiger partial charge is 0.300 e. The van der Waals surface area contributed by atoms with Crippen LogP contribution in [0.3, 0.4) is 0 Å². The second kappa shape index (κ2) is 15.3. The molecule has 0 saturated carbocycles. The quantitative estimate of drug-likeness (QED) is 0.427. The van der Waals surface area contributed by atoms with Gasteiger partial charge in [-0.25, -0.2) is 13.8 Å². The number of aromatic nitrogens is 2. The Kier molecular flexibility index (Phi) is 12.3. The molecule has 32 heavy (non-hydrogen) atoms. The van der Waals surface area contributed by atoms with Gasteiger partial charge in [0.05, 0.1) is 11.6 Å². The molecule has 1 N–H and O–H groups in total. The summed E-state index contributed by atoms with van der Waals surface area (Å²) >= 11 is 2.77. The van der Waals surface area contributed by atoms with Crippen LogP contribution in [0.1, 0.15) is 37.3 Å². The number of anilines is 1. The number of piperidine rings is 1. The lowest BCUT2D eigenvalue weighted by atomic mass is 10.1. The summed E-state index contributed by atoms with van der Waals surface area (Å²) in [6.45, 7) is 3.98. The predicted molar refractivity (Wildman–Crippen MR) is 128 cm³/mol. The number of hydrogen-bond donors (Lipinski definition) is 1. The molecule has 0 atom stereocenters. The molecule has 0 spiro atoms. The zero-order chi connectivity index (χ0) is 23.0. The van der Waals surface area contributed by atoms with Crippen molar-refractivity contribution in [3.8, 4) is 6.07 Å². The molecule has 0 aliphatic carbocycles. The van der Waals surface area contributed by atoms with Crippen LogP contribution in [0.4, 0.5) is 13.9 Å². The van der Waals surface area contributed by atoms with Crippen molar-refractivity contribution in [2.45, 2.75) is 44.1 Å². The molecule has 1 saturated heterocycles. The third-order valence-electron chi connectivity index (χ3n) is 4.33. The summed E-state index contributed by atoms with van der Waals surface area (Å²) in [4.78, 5) is 7.52. The van der Waals surface area contributed by atoms with E-state index in [1.807, 2.05) is 42.5 Å². The van der Waals surface area contributed by atoms with Crippen LogP contribution in [0, 0.1) is 11.3 Å². The number of alkyl halides is 2. The molecule has 1 aliphatic heterocycles. The summed E-state index contributed by atoms with van der Waals surface area (Å²) in [6.07, 6.45) is 3.22. The van der Waals surface area contributed by atoms with Gasteiger partial charge in [0, 0.05) is 23.0 Å². The predicted octanol–water partition coefficient (Wildman–Crippen LogP) is 6.47. The maximum Gasteiger partial charge on any atom is 0.235 e. The van der Waals surface area contributed by atoms with Crippen LogP contribution >= 0.6 is 23.5 Å². The van der Waals surface area contributed by atoms with Crippen LogP contribution in [-0.4, -0.2) is 33.8 Å². The Morgan fingerprint density at radius 2 is 1.75 bits per heavy atom. The van der Waals surface area contributed by atoms with Crippen LogP contribution in [0.5, 0.6) is 0 Å². The van der Waals surface area contributed by atoms with Gasteiger partial charge in [0.1, 0.15) is 6.33 Å². The van der Waals surface area contributed by atoms with Crippen molar-refractivity contribution in [1.29, 1.82) is 5.26 Å². The highest BCUT2D eigenvalue weighted by Crippen LogP contribution is 2.25. The van der Waals surface area contributed by atoms with Gasteiger partial charge in [-0.05, 0) is 62.5 Å². The average Bonchev–Trinajstić information content (AvgIpc) is 3.34. The molecule has 2 aromatic carbocycles. The van der Waals surface area contributed by atoms with Gasteiger partial charge in [0.2, 0.25) is 11.6 Å². The Morgan fingerprint density at radius 1 is 1.12 bits per heavy atom. The molecule has 3 aromatic rings. The van der Waals surface area contributed by atoms with E-state index in [9.17, 15) is 14.0 Å². The van der Waals surface area contributed by atoms with E-state index in [0.29, 0.717) is 0 Å². The molecule has 0 amide bonds. The number of likely N-dealkylation sites (tertiary alicyclic amines) is 1. The average molecular weight is 476 g/mol. The summed E-state index contributed by atoms with van der Waals surface area (Å²) in [5.74, 6) is 0. The van der Waals surface area contributed by atoms with Crippen molar-refractivity contribution < 1.29 is 8.78 Å². The van der Waals surface area contributed by atoms with Crippen LogP contribution in [0.25, 0.3) is 0 Å². The van der Waals surface area contributed by atoms with Crippen LogP contribution in [-0.2, 0) is 6.54 Å². The van der Waals surface area contributed by atoms with Crippen LogP contribution < -0.4 is 4.72 Å². The minimum absolute atomic E-state index is 0.759. The molecule has 9 heteroatoms. The molecule has 0 radical (unpaired) electrons. The first-order valence-corrected chi connectivity index (χ1v) is 11.9. The highest BCUT2D eigenvalue weighted by molar-refractivity contribution is 8.00. The summed E-state index contributed by atoms with van der Waals surface area (Å²) < 4.78 is 27.7. The number of rotatable bonds is 5. The summed E-state index contributed by atoms with van der Waals surface area (Å²) in [7, 11) is 0. The van der Waals surface area contributed by atoms with E-state index in [1.165, 1.54) is 49.1 Å². The normalized spacial score (nSPS) is 13.2. The molecular formula is C23H27F2N5S2. The van der Waals surface area contributed by atoms with Crippen LogP contribution in [0.15, 0.2) is 65.8 Å². The molecule has 170 valence electrons. The maximum atomic E-state index is 10.3. The molecule has 5 nitrogen and oxygen atoms in total. The fourth-order valence-corrected chi connectivity index (χ4v) is 4.06. The first kappa shape index (κ1) is 25.7. The Hall–Kier alpha value is -2.54. The summed E-state index contributed by atoms with van der Waals surface area (Å²) in [5.41, 5.74) is 1.87. The van der Waals surface area contributed by atoms with E-state index in [-0.39, 0.29) is 0 Å². The molecule has 0 unspecified atom stereocenters. The minimum Gasteiger partial charge on any atom is -0.300 e.